The smallest absolute Gasteiger partial charge is 0.407 e. The second-order valence-electron chi connectivity index (χ2n) is 10.1. The first-order valence-corrected chi connectivity index (χ1v) is 14.9. The molecular weight excluding hydrogens is 522 g/mol. The number of benzene rings is 2. The van der Waals surface area contributed by atoms with E-state index in [-0.39, 0.29) is 30.0 Å². The SMILES string of the molecule is COc1ccc(S(=O)(=O)N(CC2CCNCC2)C[C@H](O)C(Cc2ccccc2)NC(=O)O[C@H]2CCOC2)cc1. The monoisotopic (exact) mass is 561 g/mol. The summed E-state index contributed by atoms with van der Waals surface area (Å²) in [4.78, 5) is 12.9. The number of hydrogen-bond donors (Lipinski definition) is 3. The van der Waals surface area contributed by atoms with Gasteiger partial charge < -0.3 is 30.0 Å². The van der Waals surface area contributed by atoms with E-state index >= 15 is 0 Å². The molecule has 39 heavy (non-hydrogen) atoms. The van der Waals surface area contributed by atoms with Crippen molar-refractivity contribution in [2.75, 3.05) is 46.5 Å². The summed E-state index contributed by atoms with van der Waals surface area (Å²) in [6.45, 7) is 2.60. The number of methoxy groups -OCH3 is 1. The predicted octanol–water partition coefficient (Wildman–Crippen LogP) is 2.17. The van der Waals surface area contributed by atoms with Crippen molar-refractivity contribution in [2.24, 2.45) is 5.92 Å². The highest BCUT2D eigenvalue weighted by Crippen LogP contribution is 2.24. The zero-order valence-electron chi connectivity index (χ0n) is 22.3. The van der Waals surface area contributed by atoms with E-state index in [9.17, 15) is 18.3 Å². The molecule has 2 aliphatic heterocycles. The molecule has 2 saturated heterocycles. The molecule has 10 nitrogen and oxygen atoms in total. The lowest BCUT2D eigenvalue weighted by molar-refractivity contribution is 0.0638. The largest absolute Gasteiger partial charge is 0.497 e. The third-order valence-corrected chi connectivity index (χ3v) is 9.08. The van der Waals surface area contributed by atoms with E-state index in [2.05, 4.69) is 10.6 Å². The van der Waals surface area contributed by atoms with Crippen LogP contribution in [0.3, 0.4) is 0 Å². The average Bonchev–Trinajstić information content (AvgIpc) is 3.46. The molecule has 0 spiro atoms. The predicted molar refractivity (Wildman–Crippen MR) is 146 cm³/mol. The molecule has 11 heteroatoms. The van der Waals surface area contributed by atoms with Gasteiger partial charge in [-0.15, -0.1) is 0 Å². The highest BCUT2D eigenvalue weighted by molar-refractivity contribution is 7.89. The minimum absolute atomic E-state index is 0.123. The van der Waals surface area contributed by atoms with Crippen molar-refractivity contribution >= 4 is 16.1 Å². The molecule has 4 rings (SSSR count). The van der Waals surface area contributed by atoms with Crippen molar-refractivity contribution in [1.82, 2.24) is 14.9 Å². The second-order valence-corrected chi connectivity index (χ2v) is 12.0. The molecule has 2 aromatic carbocycles. The molecule has 2 aromatic rings. The molecular formula is C28H39N3O7S. The molecule has 1 unspecified atom stereocenters. The number of piperidine rings is 1. The van der Waals surface area contributed by atoms with Crippen molar-refractivity contribution in [3.8, 4) is 5.75 Å². The number of nitrogens with one attached hydrogen (secondary N) is 2. The topological polar surface area (TPSA) is 126 Å². The van der Waals surface area contributed by atoms with Crippen LogP contribution < -0.4 is 15.4 Å². The Bertz CT molecular complexity index is 1140. The number of aliphatic hydroxyl groups is 1. The fraction of sp³-hybridized carbons (Fsp3) is 0.536. The summed E-state index contributed by atoms with van der Waals surface area (Å²) in [7, 11) is -2.42. The Morgan fingerprint density at radius 1 is 1.13 bits per heavy atom. The molecule has 0 aromatic heterocycles. The lowest BCUT2D eigenvalue weighted by Crippen LogP contribution is -2.52. The Morgan fingerprint density at radius 3 is 2.49 bits per heavy atom. The zero-order chi connectivity index (χ0) is 27.7. The minimum Gasteiger partial charge on any atom is -0.497 e. The maximum Gasteiger partial charge on any atom is 0.407 e. The van der Waals surface area contributed by atoms with Gasteiger partial charge in [-0.2, -0.15) is 4.31 Å². The third-order valence-electron chi connectivity index (χ3n) is 7.24. The summed E-state index contributed by atoms with van der Waals surface area (Å²) in [6, 6.07) is 14.9. The highest BCUT2D eigenvalue weighted by Gasteiger charge is 2.33. The first kappa shape index (κ1) is 29.3. The van der Waals surface area contributed by atoms with Crippen LogP contribution in [0.4, 0.5) is 4.79 Å². The summed E-state index contributed by atoms with van der Waals surface area (Å²) in [5.74, 6) is 0.705. The maximum atomic E-state index is 13.8. The Labute approximate surface area is 230 Å². The summed E-state index contributed by atoms with van der Waals surface area (Å²) in [6.07, 6.45) is 0.413. The number of aliphatic hydroxyl groups excluding tert-OH is 1. The molecule has 0 aliphatic carbocycles. The molecule has 2 fully saturated rings. The lowest BCUT2D eigenvalue weighted by Gasteiger charge is -2.33. The molecule has 3 atom stereocenters. The van der Waals surface area contributed by atoms with Gasteiger partial charge in [-0.05, 0) is 68.1 Å². The van der Waals surface area contributed by atoms with Crippen LogP contribution in [0.1, 0.15) is 24.8 Å². The Morgan fingerprint density at radius 2 is 1.85 bits per heavy atom. The van der Waals surface area contributed by atoms with Gasteiger partial charge in [0.25, 0.3) is 0 Å². The molecule has 3 N–H and O–H groups in total. The van der Waals surface area contributed by atoms with Crippen molar-refractivity contribution in [1.29, 1.82) is 0 Å². The van der Waals surface area contributed by atoms with Crippen LogP contribution in [0.5, 0.6) is 5.75 Å². The standard InChI is InChI=1S/C28H39N3O7S/c1-36-23-7-9-25(10-8-23)39(34,35)31(18-22-11-14-29-15-12-22)19-27(32)26(17-21-5-3-2-4-6-21)30-28(33)38-24-13-16-37-20-24/h2-10,22,24,26-27,29,32H,11-20H2,1H3,(H,30,33)/t24-,26?,27-/m0/s1. The Hall–Kier alpha value is -2.70. The number of nitrogens with zero attached hydrogens (tertiary/aromatic N) is 1. The second kappa shape index (κ2) is 14.1. The van der Waals surface area contributed by atoms with Gasteiger partial charge in [-0.1, -0.05) is 30.3 Å². The van der Waals surface area contributed by atoms with Gasteiger partial charge in [0.15, 0.2) is 0 Å². The van der Waals surface area contributed by atoms with Gasteiger partial charge in [0.1, 0.15) is 11.9 Å². The highest BCUT2D eigenvalue weighted by atomic mass is 32.2. The Balaban J connectivity index is 1.55. The normalized spacial score (nSPS) is 19.9. The van der Waals surface area contributed by atoms with Crippen LogP contribution in [0.15, 0.2) is 59.5 Å². The Kier molecular flexibility index (Phi) is 10.6. The average molecular weight is 562 g/mol. The summed E-state index contributed by atoms with van der Waals surface area (Å²) < 4.78 is 44.9. The summed E-state index contributed by atoms with van der Waals surface area (Å²) in [5, 5.41) is 17.5. The molecule has 0 saturated carbocycles. The first-order valence-electron chi connectivity index (χ1n) is 13.5. The number of rotatable bonds is 12. The minimum atomic E-state index is -3.94. The number of ether oxygens (including phenoxy) is 3. The first-order chi connectivity index (χ1) is 18.8. The summed E-state index contributed by atoms with van der Waals surface area (Å²) in [5.41, 5.74) is 0.897. The maximum absolute atomic E-state index is 13.8. The van der Waals surface area contributed by atoms with E-state index in [1.54, 1.807) is 12.1 Å². The van der Waals surface area contributed by atoms with Crippen LogP contribution in [0.2, 0.25) is 0 Å². The van der Waals surface area contributed by atoms with Crippen LogP contribution in [0.25, 0.3) is 0 Å². The molecule has 0 radical (unpaired) electrons. The van der Waals surface area contributed by atoms with Gasteiger partial charge in [0.05, 0.1) is 37.4 Å². The fourth-order valence-corrected chi connectivity index (χ4v) is 6.48. The van der Waals surface area contributed by atoms with Gasteiger partial charge >= 0.3 is 6.09 Å². The van der Waals surface area contributed by atoms with Crippen LogP contribution in [0, 0.1) is 5.92 Å². The van der Waals surface area contributed by atoms with Crippen molar-refractivity contribution in [3.63, 3.8) is 0 Å². The van der Waals surface area contributed by atoms with Crippen molar-refractivity contribution in [3.05, 3.63) is 60.2 Å². The van der Waals surface area contributed by atoms with Gasteiger partial charge in [0, 0.05) is 19.5 Å². The van der Waals surface area contributed by atoms with Crippen LogP contribution in [-0.2, 0) is 25.9 Å². The van der Waals surface area contributed by atoms with Crippen molar-refractivity contribution < 1.29 is 32.5 Å². The molecule has 0 bridgehead atoms. The zero-order valence-corrected chi connectivity index (χ0v) is 23.1. The van der Waals surface area contributed by atoms with E-state index < -0.39 is 28.3 Å². The van der Waals surface area contributed by atoms with E-state index in [0.29, 0.717) is 31.8 Å². The van der Waals surface area contributed by atoms with Gasteiger partial charge in [-0.25, -0.2) is 13.2 Å². The van der Waals surface area contributed by atoms with Crippen molar-refractivity contribution in [2.45, 2.75) is 48.8 Å². The fourth-order valence-electron chi connectivity index (χ4n) is 4.95. The van der Waals surface area contributed by atoms with Crippen LogP contribution >= 0.6 is 0 Å². The third kappa shape index (κ3) is 8.39. The molecule has 1 amide bonds. The number of amides is 1. The van der Waals surface area contributed by atoms with E-state index in [1.165, 1.54) is 23.5 Å². The van der Waals surface area contributed by atoms with E-state index in [0.717, 1.165) is 31.5 Å². The number of carbonyl (C=O) groups excluding carboxylic acids is 1. The number of carbonyl (C=O) groups is 1. The summed E-state index contributed by atoms with van der Waals surface area (Å²) >= 11 is 0. The molecule has 214 valence electrons. The molecule has 2 aliphatic rings. The van der Waals surface area contributed by atoms with E-state index in [4.69, 9.17) is 14.2 Å². The van der Waals surface area contributed by atoms with Gasteiger partial charge in [0.2, 0.25) is 10.0 Å². The quantitative estimate of drug-likeness (QED) is 0.360. The number of alkyl carbamates (subject to hydrolysis) is 1. The number of hydrogen-bond acceptors (Lipinski definition) is 8. The number of sulfonamides is 1. The molecule has 2 heterocycles. The van der Waals surface area contributed by atoms with Crippen LogP contribution in [-0.4, -0.2) is 88.7 Å². The van der Waals surface area contributed by atoms with Gasteiger partial charge in [-0.3, -0.25) is 0 Å². The van der Waals surface area contributed by atoms with E-state index in [1.807, 2.05) is 30.3 Å². The lowest BCUT2D eigenvalue weighted by atomic mass is 9.97.